The van der Waals surface area contributed by atoms with Crippen molar-refractivity contribution in [1.82, 2.24) is 15.5 Å². The summed E-state index contributed by atoms with van der Waals surface area (Å²) >= 11 is 0. The third-order valence-electron chi connectivity index (χ3n) is 4.06. The number of nitrogens with zero attached hydrogens (tertiary/aromatic N) is 2. The van der Waals surface area contributed by atoms with Crippen LogP contribution in [0.1, 0.15) is 54.0 Å². The highest BCUT2D eigenvalue weighted by Gasteiger charge is 2.26. The lowest BCUT2D eigenvalue weighted by Crippen LogP contribution is -2.27. The summed E-state index contributed by atoms with van der Waals surface area (Å²) in [5.41, 5.74) is 4.03. The first-order chi connectivity index (χ1) is 10.1. The van der Waals surface area contributed by atoms with Gasteiger partial charge >= 0.3 is 0 Å². The Labute approximate surface area is 124 Å². The summed E-state index contributed by atoms with van der Waals surface area (Å²) in [6.07, 6.45) is 3.85. The Hall–Kier alpha value is -1.91. The van der Waals surface area contributed by atoms with E-state index >= 15 is 0 Å². The summed E-state index contributed by atoms with van der Waals surface area (Å²) < 4.78 is 5.27. The van der Waals surface area contributed by atoms with Gasteiger partial charge < -0.3 is 9.84 Å². The molecule has 0 bridgehead atoms. The van der Waals surface area contributed by atoms with Crippen LogP contribution in [-0.4, -0.2) is 22.6 Å². The normalized spacial score (nSPS) is 13.9. The Kier molecular flexibility index (Phi) is 3.66. The van der Waals surface area contributed by atoms with Crippen molar-refractivity contribution in [3.63, 3.8) is 0 Å². The van der Waals surface area contributed by atoms with Crippen molar-refractivity contribution in [3.05, 3.63) is 22.5 Å². The monoisotopic (exact) mass is 287 g/mol. The second-order valence-electron chi connectivity index (χ2n) is 6.15. The Bertz CT molecular complexity index is 688. The third-order valence-corrected chi connectivity index (χ3v) is 4.06. The Morgan fingerprint density at radius 3 is 2.95 bits per heavy atom. The lowest BCUT2D eigenvalue weighted by atomic mass is 10.0. The van der Waals surface area contributed by atoms with E-state index in [9.17, 15) is 4.79 Å². The predicted octanol–water partition coefficient (Wildman–Crippen LogP) is 2.80. The van der Waals surface area contributed by atoms with E-state index in [1.165, 1.54) is 0 Å². The second-order valence-corrected chi connectivity index (χ2v) is 6.15. The molecule has 0 fully saturated rings. The van der Waals surface area contributed by atoms with Gasteiger partial charge in [-0.2, -0.15) is 0 Å². The van der Waals surface area contributed by atoms with E-state index in [0.29, 0.717) is 18.2 Å². The van der Waals surface area contributed by atoms with Crippen molar-refractivity contribution in [2.45, 2.75) is 46.5 Å². The topological polar surface area (TPSA) is 68.0 Å². The molecule has 1 amide bonds. The van der Waals surface area contributed by atoms with E-state index in [1.807, 2.05) is 6.92 Å². The first kappa shape index (κ1) is 14.0. The molecule has 1 aliphatic rings. The molecule has 0 atom stereocenters. The first-order valence-corrected chi connectivity index (χ1v) is 7.64. The highest BCUT2D eigenvalue weighted by molar-refractivity contribution is 6.07. The maximum absolute atomic E-state index is 12.6. The molecule has 1 N–H and O–H groups in total. The van der Waals surface area contributed by atoms with Gasteiger partial charge in [0.05, 0.1) is 16.6 Å². The van der Waals surface area contributed by atoms with Crippen LogP contribution < -0.4 is 5.32 Å². The van der Waals surface area contributed by atoms with Gasteiger partial charge in [0.2, 0.25) is 0 Å². The molecular weight excluding hydrogens is 266 g/mol. The molecule has 1 aliphatic carbocycles. The molecule has 0 spiro atoms. The number of aromatic nitrogens is 2. The Balaban J connectivity index is 2.00. The van der Waals surface area contributed by atoms with Crippen molar-refractivity contribution in [3.8, 4) is 0 Å². The molecule has 2 heterocycles. The van der Waals surface area contributed by atoms with Gasteiger partial charge in [-0.15, -0.1) is 0 Å². The molecule has 2 aromatic heterocycles. The highest BCUT2D eigenvalue weighted by Crippen LogP contribution is 2.31. The van der Waals surface area contributed by atoms with Crippen LogP contribution in [0.3, 0.4) is 0 Å². The second kappa shape index (κ2) is 5.47. The molecule has 0 aromatic carbocycles. The number of hydrogen-bond donors (Lipinski definition) is 1. The van der Waals surface area contributed by atoms with Crippen LogP contribution >= 0.6 is 0 Å². The average molecular weight is 287 g/mol. The summed E-state index contributed by atoms with van der Waals surface area (Å²) in [7, 11) is 0. The number of aryl methyl sites for hydroxylation is 2. The standard InChI is InChI=1S/C16H21N3O2/c1-9(2)7-8-17-15(20)14-11-5-4-6-12(11)18-16-13(14)10(3)19-21-16/h9H,4-8H2,1-3H3,(H,17,20). The lowest BCUT2D eigenvalue weighted by Gasteiger charge is -2.11. The summed E-state index contributed by atoms with van der Waals surface area (Å²) in [5.74, 6) is 0.554. The van der Waals surface area contributed by atoms with Crippen LogP contribution in [-0.2, 0) is 12.8 Å². The minimum absolute atomic E-state index is 0.0208. The highest BCUT2D eigenvalue weighted by atomic mass is 16.5. The van der Waals surface area contributed by atoms with E-state index < -0.39 is 0 Å². The van der Waals surface area contributed by atoms with E-state index in [1.54, 1.807) is 0 Å². The number of carbonyl (C=O) groups is 1. The average Bonchev–Trinajstić information content (AvgIpc) is 3.03. The van der Waals surface area contributed by atoms with Gasteiger partial charge in [-0.05, 0) is 44.1 Å². The molecule has 5 heteroatoms. The number of hydrogen-bond acceptors (Lipinski definition) is 4. The summed E-state index contributed by atoms with van der Waals surface area (Å²) in [5, 5.41) is 7.78. The van der Waals surface area contributed by atoms with Gasteiger partial charge in [-0.3, -0.25) is 4.79 Å². The molecule has 0 radical (unpaired) electrons. The molecule has 21 heavy (non-hydrogen) atoms. The molecule has 0 saturated carbocycles. The Morgan fingerprint density at radius 2 is 2.19 bits per heavy atom. The van der Waals surface area contributed by atoms with Gasteiger partial charge in [0.15, 0.2) is 0 Å². The molecule has 0 aliphatic heterocycles. The SMILES string of the molecule is Cc1noc2nc3c(c(C(=O)NCCC(C)C)c12)CCC3. The zero-order valence-corrected chi connectivity index (χ0v) is 12.8. The fraction of sp³-hybridized carbons (Fsp3) is 0.562. The smallest absolute Gasteiger partial charge is 0.259 e. The quantitative estimate of drug-likeness (QED) is 0.939. The van der Waals surface area contributed by atoms with Gasteiger partial charge in [0, 0.05) is 12.2 Å². The Morgan fingerprint density at radius 1 is 1.38 bits per heavy atom. The summed E-state index contributed by atoms with van der Waals surface area (Å²) in [6.45, 7) is 6.86. The largest absolute Gasteiger partial charge is 0.352 e. The molecule has 2 aromatic rings. The summed E-state index contributed by atoms with van der Waals surface area (Å²) in [4.78, 5) is 17.2. The zero-order chi connectivity index (χ0) is 15.0. The van der Waals surface area contributed by atoms with Crippen LogP contribution in [0.4, 0.5) is 0 Å². The van der Waals surface area contributed by atoms with Crippen LogP contribution in [0.2, 0.25) is 0 Å². The van der Waals surface area contributed by atoms with Crippen LogP contribution in [0.5, 0.6) is 0 Å². The fourth-order valence-electron chi connectivity index (χ4n) is 2.93. The first-order valence-electron chi connectivity index (χ1n) is 7.64. The lowest BCUT2D eigenvalue weighted by molar-refractivity contribution is 0.0952. The van der Waals surface area contributed by atoms with E-state index in [2.05, 4.69) is 29.3 Å². The molecular formula is C16H21N3O2. The molecule has 0 saturated heterocycles. The van der Waals surface area contributed by atoms with Gasteiger partial charge in [-0.1, -0.05) is 19.0 Å². The fourth-order valence-corrected chi connectivity index (χ4v) is 2.93. The van der Waals surface area contributed by atoms with Crippen molar-refractivity contribution in [2.24, 2.45) is 5.92 Å². The number of fused-ring (bicyclic) bond motifs is 2. The van der Waals surface area contributed by atoms with Gasteiger partial charge in [-0.25, -0.2) is 4.98 Å². The maximum Gasteiger partial charge on any atom is 0.259 e. The van der Waals surface area contributed by atoms with Crippen LogP contribution in [0, 0.1) is 12.8 Å². The molecule has 3 rings (SSSR count). The van der Waals surface area contributed by atoms with E-state index in [0.717, 1.165) is 53.6 Å². The maximum atomic E-state index is 12.6. The zero-order valence-electron chi connectivity index (χ0n) is 12.8. The summed E-state index contributed by atoms with van der Waals surface area (Å²) in [6, 6.07) is 0. The molecule has 112 valence electrons. The number of carbonyl (C=O) groups excluding carboxylic acids is 1. The minimum Gasteiger partial charge on any atom is -0.352 e. The van der Waals surface area contributed by atoms with Gasteiger partial charge in [0.1, 0.15) is 0 Å². The van der Waals surface area contributed by atoms with Crippen molar-refractivity contribution >= 4 is 17.0 Å². The van der Waals surface area contributed by atoms with Crippen LogP contribution in [0.15, 0.2) is 4.52 Å². The molecule has 0 unspecified atom stereocenters. The van der Waals surface area contributed by atoms with E-state index in [4.69, 9.17) is 4.52 Å². The van der Waals surface area contributed by atoms with Crippen molar-refractivity contribution in [2.75, 3.05) is 6.54 Å². The van der Waals surface area contributed by atoms with Crippen molar-refractivity contribution < 1.29 is 9.32 Å². The number of pyridine rings is 1. The van der Waals surface area contributed by atoms with Crippen LogP contribution in [0.25, 0.3) is 11.1 Å². The molecule has 5 nitrogen and oxygen atoms in total. The predicted molar refractivity (Wildman–Crippen MR) is 80.4 cm³/mol. The van der Waals surface area contributed by atoms with Crippen molar-refractivity contribution in [1.29, 1.82) is 0 Å². The van der Waals surface area contributed by atoms with Gasteiger partial charge in [0.25, 0.3) is 11.6 Å². The number of amides is 1. The number of nitrogens with one attached hydrogen (secondary N) is 1. The minimum atomic E-state index is -0.0208. The number of rotatable bonds is 4. The third kappa shape index (κ3) is 2.52. The van der Waals surface area contributed by atoms with E-state index in [-0.39, 0.29) is 5.91 Å².